The highest BCUT2D eigenvalue weighted by molar-refractivity contribution is 7.89. The molecule has 0 amide bonds. The molecule has 0 saturated carbocycles. The Morgan fingerprint density at radius 3 is 2.21 bits per heavy atom. The summed E-state index contributed by atoms with van der Waals surface area (Å²) in [5.41, 5.74) is -1.19. The van der Waals surface area contributed by atoms with Gasteiger partial charge in [-0.15, -0.1) is 0 Å². The van der Waals surface area contributed by atoms with Gasteiger partial charge in [-0.1, -0.05) is 0 Å². The van der Waals surface area contributed by atoms with Gasteiger partial charge in [-0.25, -0.2) is 13.4 Å². The van der Waals surface area contributed by atoms with Crippen molar-refractivity contribution < 1.29 is 26.3 Å². The van der Waals surface area contributed by atoms with Crippen LogP contribution in [0.3, 0.4) is 0 Å². The lowest BCUT2D eigenvalue weighted by Gasteiger charge is -2.32. The van der Waals surface area contributed by atoms with Crippen molar-refractivity contribution in [1.82, 2.24) is 14.2 Å². The summed E-state index contributed by atoms with van der Waals surface area (Å²) in [5.74, 6) is 0.528. The number of ether oxygens (including phenoxy) is 1. The summed E-state index contributed by atoms with van der Waals surface area (Å²) in [6.07, 6.45) is -2.57. The molecule has 3 aliphatic heterocycles. The second kappa shape index (κ2) is 7.23. The minimum absolute atomic E-state index is 0.115. The van der Waals surface area contributed by atoms with Crippen LogP contribution in [0.1, 0.15) is 24.2 Å². The predicted molar refractivity (Wildman–Crippen MR) is 95.1 cm³/mol. The van der Waals surface area contributed by atoms with Crippen molar-refractivity contribution in [3.63, 3.8) is 0 Å². The van der Waals surface area contributed by atoms with Crippen LogP contribution < -0.4 is 0 Å². The molecule has 156 valence electrons. The number of likely N-dealkylation sites (tertiary alicyclic amines) is 1. The summed E-state index contributed by atoms with van der Waals surface area (Å²) < 4.78 is 71.3. The molecule has 6 nitrogen and oxygen atoms in total. The van der Waals surface area contributed by atoms with Gasteiger partial charge in [0.15, 0.2) is 0 Å². The lowest BCUT2D eigenvalue weighted by Crippen LogP contribution is -2.40. The van der Waals surface area contributed by atoms with E-state index in [9.17, 15) is 21.6 Å². The number of aromatic nitrogens is 1. The molecule has 0 N–H and O–H groups in total. The maximum absolute atomic E-state index is 13.0. The minimum atomic E-state index is -4.59. The maximum atomic E-state index is 13.0. The second-order valence-corrected chi connectivity index (χ2v) is 9.82. The molecule has 0 spiro atoms. The SMILES string of the molecule is Cc1nc(C(F)(F)F)ccc1S(=O)(=O)N1C[C@H]2CN(C3CCOCC3)C[C@@H]2C1. The highest BCUT2D eigenvalue weighted by Gasteiger charge is 2.46. The van der Waals surface area contributed by atoms with Gasteiger partial charge in [0.05, 0.1) is 5.69 Å². The topological polar surface area (TPSA) is 62.7 Å². The summed E-state index contributed by atoms with van der Waals surface area (Å²) in [7, 11) is -3.85. The van der Waals surface area contributed by atoms with E-state index in [4.69, 9.17) is 4.74 Å². The fraction of sp³-hybridized carbons (Fsp3) is 0.722. The van der Waals surface area contributed by atoms with Crippen LogP contribution in [0.15, 0.2) is 17.0 Å². The largest absolute Gasteiger partial charge is 0.433 e. The first-order valence-electron chi connectivity index (χ1n) is 9.53. The lowest BCUT2D eigenvalue weighted by atomic mass is 10.0. The van der Waals surface area contributed by atoms with E-state index in [1.54, 1.807) is 0 Å². The summed E-state index contributed by atoms with van der Waals surface area (Å²) in [4.78, 5) is 5.79. The zero-order valence-corrected chi connectivity index (χ0v) is 16.5. The molecular weight excluding hydrogens is 395 g/mol. The molecule has 4 heterocycles. The second-order valence-electron chi connectivity index (χ2n) is 7.92. The quantitative estimate of drug-likeness (QED) is 0.751. The van der Waals surface area contributed by atoms with E-state index in [2.05, 4.69) is 9.88 Å². The third-order valence-electron chi connectivity index (χ3n) is 6.13. The number of alkyl halides is 3. The van der Waals surface area contributed by atoms with E-state index in [1.165, 1.54) is 11.2 Å². The average molecular weight is 419 g/mol. The third-order valence-corrected chi connectivity index (χ3v) is 8.10. The zero-order valence-electron chi connectivity index (χ0n) is 15.7. The Balaban J connectivity index is 1.46. The van der Waals surface area contributed by atoms with Crippen LogP contribution in [0.4, 0.5) is 13.2 Å². The molecule has 1 aromatic heterocycles. The molecule has 0 aliphatic carbocycles. The highest BCUT2D eigenvalue weighted by atomic mass is 32.2. The van der Waals surface area contributed by atoms with E-state index < -0.39 is 21.9 Å². The van der Waals surface area contributed by atoms with Gasteiger partial charge < -0.3 is 4.74 Å². The van der Waals surface area contributed by atoms with Gasteiger partial charge in [0.2, 0.25) is 10.0 Å². The van der Waals surface area contributed by atoms with Crippen molar-refractivity contribution in [3.05, 3.63) is 23.5 Å². The smallest absolute Gasteiger partial charge is 0.381 e. The number of sulfonamides is 1. The minimum Gasteiger partial charge on any atom is -0.381 e. The molecule has 10 heteroatoms. The molecule has 3 saturated heterocycles. The summed E-state index contributed by atoms with van der Waals surface area (Å²) in [6, 6.07) is 2.28. The first-order chi connectivity index (χ1) is 13.2. The Morgan fingerprint density at radius 1 is 1.07 bits per heavy atom. The van der Waals surface area contributed by atoms with Gasteiger partial charge in [0.25, 0.3) is 0 Å². The number of pyridine rings is 1. The molecule has 0 radical (unpaired) electrons. The van der Waals surface area contributed by atoms with Crippen LogP contribution in [0, 0.1) is 18.8 Å². The summed E-state index contributed by atoms with van der Waals surface area (Å²) >= 11 is 0. The van der Waals surface area contributed by atoms with Crippen LogP contribution in [0.5, 0.6) is 0 Å². The molecule has 3 aliphatic rings. The fourth-order valence-corrected chi connectivity index (χ4v) is 6.36. The summed E-state index contributed by atoms with van der Waals surface area (Å²) in [6.45, 7) is 5.41. The van der Waals surface area contributed by atoms with E-state index >= 15 is 0 Å². The van der Waals surface area contributed by atoms with Crippen LogP contribution in [0.25, 0.3) is 0 Å². The van der Waals surface area contributed by atoms with E-state index in [0.29, 0.717) is 19.1 Å². The van der Waals surface area contributed by atoms with Crippen LogP contribution >= 0.6 is 0 Å². The van der Waals surface area contributed by atoms with E-state index in [-0.39, 0.29) is 22.4 Å². The van der Waals surface area contributed by atoms with Crippen molar-refractivity contribution >= 4 is 10.0 Å². The predicted octanol–water partition coefficient (Wildman–Crippen LogP) is 2.14. The number of hydrogen-bond acceptors (Lipinski definition) is 5. The molecule has 0 aromatic carbocycles. The van der Waals surface area contributed by atoms with Crippen LogP contribution in [-0.4, -0.2) is 68.0 Å². The number of aryl methyl sites for hydroxylation is 1. The average Bonchev–Trinajstić information content (AvgIpc) is 3.21. The van der Waals surface area contributed by atoms with Gasteiger partial charge in [0, 0.05) is 45.4 Å². The van der Waals surface area contributed by atoms with Crippen molar-refractivity contribution in [2.45, 2.75) is 36.9 Å². The summed E-state index contributed by atoms with van der Waals surface area (Å²) in [5, 5.41) is 0. The Labute approximate surface area is 162 Å². The van der Waals surface area contributed by atoms with Gasteiger partial charge in [-0.05, 0) is 43.7 Å². The van der Waals surface area contributed by atoms with Crippen molar-refractivity contribution in [3.8, 4) is 0 Å². The Kier molecular flexibility index (Phi) is 5.18. The highest BCUT2D eigenvalue weighted by Crippen LogP contribution is 2.37. The monoisotopic (exact) mass is 419 g/mol. The third kappa shape index (κ3) is 3.67. The molecule has 1 aromatic rings. The molecule has 28 heavy (non-hydrogen) atoms. The standard InChI is InChI=1S/C18H24F3N3O3S/c1-12-16(2-3-17(22-12)18(19,20)21)28(25,26)24-10-13-8-23(9-14(13)11-24)15-4-6-27-7-5-15/h2-3,13-15H,4-11H2,1H3/t13-,14-/m1/s1. The first kappa shape index (κ1) is 20.1. The van der Waals surface area contributed by atoms with Crippen LogP contribution in [-0.2, 0) is 20.9 Å². The molecule has 0 bridgehead atoms. The van der Waals surface area contributed by atoms with Gasteiger partial charge in [-0.2, -0.15) is 17.5 Å². The van der Waals surface area contributed by atoms with E-state index in [1.807, 2.05) is 0 Å². The van der Waals surface area contributed by atoms with Crippen LogP contribution in [0.2, 0.25) is 0 Å². The normalized spacial score (nSPS) is 28.0. The fourth-order valence-electron chi connectivity index (χ4n) is 4.65. The molecule has 4 rings (SSSR count). The number of rotatable bonds is 3. The van der Waals surface area contributed by atoms with Crippen molar-refractivity contribution in [1.29, 1.82) is 0 Å². The Morgan fingerprint density at radius 2 is 1.68 bits per heavy atom. The number of halogens is 3. The van der Waals surface area contributed by atoms with Crippen molar-refractivity contribution in [2.75, 3.05) is 39.4 Å². The van der Waals surface area contributed by atoms with Crippen molar-refractivity contribution in [2.24, 2.45) is 11.8 Å². The number of fused-ring (bicyclic) bond motifs is 1. The molecule has 3 fully saturated rings. The number of hydrogen-bond donors (Lipinski definition) is 0. The molecular formula is C18H24F3N3O3S. The molecule has 0 unspecified atom stereocenters. The van der Waals surface area contributed by atoms with Gasteiger partial charge in [-0.3, -0.25) is 4.90 Å². The Bertz CT molecular complexity index is 826. The maximum Gasteiger partial charge on any atom is 0.433 e. The lowest BCUT2D eigenvalue weighted by molar-refractivity contribution is -0.141. The van der Waals surface area contributed by atoms with Gasteiger partial charge >= 0.3 is 6.18 Å². The van der Waals surface area contributed by atoms with E-state index in [0.717, 1.165) is 51.3 Å². The Hall–Kier alpha value is -1.23. The van der Waals surface area contributed by atoms with Gasteiger partial charge in [0.1, 0.15) is 10.6 Å². The zero-order chi connectivity index (χ0) is 20.1. The molecule has 2 atom stereocenters. The number of nitrogens with zero attached hydrogens (tertiary/aromatic N) is 3. The first-order valence-corrected chi connectivity index (χ1v) is 11.0.